The number of hydrogen-bond acceptors (Lipinski definition) is 5. The third-order valence-electron chi connectivity index (χ3n) is 5.30. The maximum atomic E-state index is 13.5. The molecule has 28 heavy (non-hydrogen) atoms. The molecule has 6 heteroatoms. The monoisotopic (exact) mass is 396 g/mol. The van der Waals surface area contributed by atoms with Gasteiger partial charge in [-0.3, -0.25) is 9.36 Å². The second-order valence-electron chi connectivity index (χ2n) is 7.57. The van der Waals surface area contributed by atoms with Crippen LogP contribution in [0.15, 0.2) is 29.1 Å². The van der Waals surface area contributed by atoms with Crippen molar-refractivity contribution in [1.29, 1.82) is 0 Å². The first kappa shape index (κ1) is 18.9. The Labute approximate surface area is 168 Å². The van der Waals surface area contributed by atoms with Crippen molar-refractivity contribution in [1.82, 2.24) is 9.55 Å². The fraction of sp³-hybridized carbons (Fsp3) is 0.409. The average molecular weight is 397 g/mol. The van der Waals surface area contributed by atoms with Crippen LogP contribution in [-0.4, -0.2) is 22.1 Å². The summed E-state index contributed by atoms with van der Waals surface area (Å²) in [5.41, 5.74) is 3.07. The lowest BCUT2D eigenvalue weighted by Gasteiger charge is -2.17. The third-order valence-corrected chi connectivity index (χ3v) is 6.44. The molecule has 1 aromatic carbocycles. The van der Waals surface area contributed by atoms with Gasteiger partial charge < -0.3 is 4.74 Å². The number of benzene rings is 1. The highest BCUT2D eigenvalue weighted by atomic mass is 32.1. The Morgan fingerprint density at radius 2 is 2.21 bits per heavy atom. The molecule has 0 saturated carbocycles. The fourth-order valence-electron chi connectivity index (χ4n) is 3.91. The minimum atomic E-state index is -0.547. The number of esters is 1. The van der Waals surface area contributed by atoms with E-state index >= 15 is 0 Å². The highest BCUT2D eigenvalue weighted by Crippen LogP contribution is 2.36. The fourth-order valence-corrected chi connectivity index (χ4v) is 5.29. The normalized spacial score (nSPS) is 16.2. The van der Waals surface area contributed by atoms with E-state index in [9.17, 15) is 9.59 Å². The first-order valence-corrected chi connectivity index (χ1v) is 10.6. The van der Waals surface area contributed by atoms with Crippen LogP contribution in [0.2, 0.25) is 0 Å². The van der Waals surface area contributed by atoms with Gasteiger partial charge in [-0.1, -0.05) is 36.8 Å². The molecular weight excluding hydrogens is 372 g/mol. The van der Waals surface area contributed by atoms with Crippen LogP contribution in [0.3, 0.4) is 0 Å². The van der Waals surface area contributed by atoms with Crippen LogP contribution in [0.1, 0.15) is 52.5 Å². The average Bonchev–Trinajstić information content (AvgIpc) is 3.01. The maximum absolute atomic E-state index is 13.5. The van der Waals surface area contributed by atoms with Crippen LogP contribution < -0.4 is 5.56 Å². The van der Waals surface area contributed by atoms with E-state index < -0.39 is 5.97 Å². The summed E-state index contributed by atoms with van der Waals surface area (Å²) in [5, 5.41) is 0.688. The lowest BCUT2D eigenvalue weighted by Crippen LogP contribution is -2.29. The number of fused-ring (bicyclic) bond motifs is 3. The van der Waals surface area contributed by atoms with Gasteiger partial charge in [-0.15, -0.1) is 11.3 Å². The topological polar surface area (TPSA) is 61.2 Å². The number of carbonyl (C=O) groups is 1. The summed E-state index contributed by atoms with van der Waals surface area (Å²) in [7, 11) is 0. The number of aromatic nitrogens is 2. The summed E-state index contributed by atoms with van der Waals surface area (Å²) in [6.45, 7) is 6.55. The Morgan fingerprint density at radius 3 is 2.96 bits per heavy atom. The molecule has 3 aromatic rings. The first-order valence-electron chi connectivity index (χ1n) is 9.75. The molecule has 0 amide bonds. The molecule has 1 unspecified atom stereocenters. The number of ether oxygens (including phenoxy) is 1. The highest BCUT2D eigenvalue weighted by molar-refractivity contribution is 7.18. The standard InChI is InChI=1S/C22H24N2O3S/c1-4-27-22(26)19-23-20-18(16-9-8-14(3)11-17(16)28-20)21(25)24(19)12-15-7-5-6-13(2)10-15/h5-7,10,14H,4,8-9,11-12H2,1-3H3. The van der Waals surface area contributed by atoms with Gasteiger partial charge >= 0.3 is 5.97 Å². The predicted octanol–water partition coefficient (Wildman–Crippen LogP) is 4.12. The predicted molar refractivity (Wildman–Crippen MR) is 111 cm³/mol. The molecule has 0 bridgehead atoms. The summed E-state index contributed by atoms with van der Waals surface area (Å²) in [6, 6.07) is 7.95. The van der Waals surface area contributed by atoms with Crippen LogP contribution in [0.5, 0.6) is 0 Å². The second-order valence-corrected chi connectivity index (χ2v) is 8.65. The minimum absolute atomic E-state index is 0.0903. The smallest absolute Gasteiger partial charge is 0.374 e. The third kappa shape index (κ3) is 3.37. The van der Waals surface area contributed by atoms with Crippen molar-refractivity contribution < 1.29 is 9.53 Å². The first-order chi connectivity index (χ1) is 13.5. The molecule has 1 atom stereocenters. The van der Waals surface area contributed by atoms with Crippen molar-refractivity contribution in [2.45, 2.75) is 46.6 Å². The molecule has 2 aromatic heterocycles. The van der Waals surface area contributed by atoms with Crippen molar-refractivity contribution in [2.24, 2.45) is 5.92 Å². The van der Waals surface area contributed by atoms with Gasteiger partial charge in [0.25, 0.3) is 5.56 Å². The Hall–Kier alpha value is -2.47. The van der Waals surface area contributed by atoms with Crippen molar-refractivity contribution in [3.63, 3.8) is 0 Å². The molecule has 5 nitrogen and oxygen atoms in total. The Balaban J connectivity index is 1.91. The van der Waals surface area contributed by atoms with Crippen LogP contribution in [-0.2, 0) is 24.1 Å². The van der Waals surface area contributed by atoms with Crippen LogP contribution in [0.4, 0.5) is 0 Å². The molecule has 0 saturated heterocycles. The lowest BCUT2D eigenvalue weighted by atomic mass is 9.89. The zero-order chi connectivity index (χ0) is 19.8. The van der Waals surface area contributed by atoms with Gasteiger partial charge in [0.05, 0.1) is 18.5 Å². The van der Waals surface area contributed by atoms with Crippen LogP contribution >= 0.6 is 11.3 Å². The van der Waals surface area contributed by atoms with E-state index in [4.69, 9.17) is 4.74 Å². The van der Waals surface area contributed by atoms with E-state index in [0.29, 0.717) is 22.7 Å². The molecule has 0 radical (unpaired) electrons. The molecule has 0 aliphatic heterocycles. The molecule has 0 fully saturated rings. The van der Waals surface area contributed by atoms with E-state index in [1.165, 1.54) is 9.44 Å². The van der Waals surface area contributed by atoms with E-state index in [-0.39, 0.29) is 18.0 Å². The van der Waals surface area contributed by atoms with Gasteiger partial charge in [-0.25, -0.2) is 9.78 Å². The zero-order valence-corrected chi connectivity index (χ0v) is 17.3. The molecule has 2 heterocycles. The number of rotatable bonds is 4. The van der Waals surface area contributed by atoms with Crippen molar-refractivity contribution in [3.05, 3.63) is 62.0 Å². The molecular formula is C22H24N2O3S. The summed E-state index contributed by atoms with van der Waals surface area (Å²) in [4.78, 5) is 32.6. The van der Waals surface area contributed by atoms with Crippen molar-refractivity contribution in [2.75, 3.05) is 6.61 Å². The lowest BCUT2D eigenvalue weighted by molar-refractivity contribution is 0.0505. The second kappa shape index (κ2) is 7.51. The number of carbonyl (C=O) groups excluding carboxylic acids is 1. The van der Waals surface area contributed by atoms with Crippen molar-refractivity contribution >= 4 is 27.5 Å². The van der Waals surface area contributed by atoms with Gasteiger partial charge in [0.1, 0.15) is 4.83 Å². The van der Waals surface area contributed by atoms with E-state index in [1.807, 2.05) is 31.2 Å². The number of thiophene rings is 1. The zero-order valence-electron chi connectivity index (χ0n) is 16.4. The SMILES string of the molecule is CCOC(=O)c1nc2sc3c(c2c(=O)n1Cc1cccc(C)c1)CCC(C)C3. The Kier molecular flexibility index (Phi) is 5.06. The van der Waals surface area contributed by atoms with Gasteiger partial charge in [0.15, 0.2) is 0 Å². The number of hydrogen-bond donors (Lipinski definition) is 0. The molecule has 146 valence electrons. The van der Waals surface area contributed by atoms with Crippen molar-refractivity contribution in [3.8, 4) is 0 Å². The van der Waals surface area contributed by atoms with E-state index in [0.717, 1.165) is 36.0 Å². The minimum Gasteiger partial charge on any atom is -0.460 e. The van der Waals surface area contributed by atoms with Gasteiger partial charge in [-0.2, -0.15) is 0 Å². The number of aryl methyl sites for hydroxylation is 2. The Morgan fingerprint density at radius 1 is 1.39 bits per heavy atom. The molecule has 0 spiro atoms. The summed E-state index contributed by atoms with van der Waals surface area (Å²) < 4.78 is 6.68. The highest BCUT2D eigenvalue weighted by Gasteiger charge is 2.26. The summed E-state index contributed by atoms with van der Waals surface area (Å²) >= 11 is 1.55. The van der Waals surface area contributed by atoms with Crippen LogP contribution in [0, 0.1) is 12.8 Å². The van der Waals surface area contributed by atoms with Crippen LogP contribution in [0.25, 0.3) is 10.2 Å². The molecule has 1 aliphatic carbocycles. The van der Waals surface area contributed by atoms with E-state index in [1.54, 1.807) is 18.3 Å². The van der Waals surface area contributed by atoms with Gasteiger partial charge in [0.2, 0.25) is 5.82 Å². The quantitative estimate of drug-likeness (QED) is 0.623. The summed E-state index contributed by atoms with van der Waals surface area (Å²) in [6.07, 6.45) is 2.95. The Bertz CT molecular complexity index is 1110. The number of nitrogens with zero attached hydrogens (tertiary/aromatic N) is 2. The van der Waals surface area contributed by atoms with Gasteiger partial charge in [0, 0.05) is 4.88 Å². The van der Waals surface area contributed by atoms with Gasteiger partial charge in [-0.05, 0) is 50.2 Å². The molecule has 4 rings (SSSR count). The maximum Gasteiger partial charge on any atom is 0.374 e. The van der Waals surface area contributed by atoms with E-state index in [2.05, 4.69) is 11.9 Å². The largest absolute Gasteiger partial charge is 0.460 e. The summed E-state index contributed by atoms with van der Waals surface area (Å²) in [5.74, 6) is 0.154. The molecule has 0 N–H and O–H groups in total. The molecule has 1 aliphatic rings.